The second-order valence-corrected chi connectivity index (χ2v) is 6.45. The molecule has 2 heterocycles. The first kappa shape index (κ1) is 18.9. The Morgan fingerprint density at radius 1 is 1.37 bits per heavy atom. The van der Waals surface area contributed by atoms with Gasteiger partial charge in [0, 0.05) is 12.1 Å². The van der Waals surface area contributed by atoms with Gasteiger partial charge in [-0.3, -0.25) is 9.59 Å². The highest BCUT2D eigenvalue weighted by Gasteiger charge is 2.32. The lowest BCUT2D eigenvalue weighted by molar-refractivity contribution is -0.131. The van der Waals surface area contributed by atoms with Gasteiger partial charge in [0.05, 0.1) is 32.4 Å². The molecule has 1 amide bonds. The monoisotopic (exact) mass is 375 g/mol. The van der Waals surface area contributed by atoms with Gasteiger partial charge in [-0.25, -0.2) is 4.98 Å². The fourth-order valence-electron chi connectivity index (χ4n) is 3.39. The van der Waals surface area contributed by atoms with Crippen molar-refractivity contribution < 1.29 is 18.7 Å². The molecule has 0 spiro atoms. The number of amides is 1. The average molecular weight is 375 g/mol. The van der Waals surface area contributed by atoms with Crippen molar-refractivity contribution in [3.63, 3.8) is 0 Å². The summed E-state index contributed by atoms with van der Waals surface area (Å²) in [6.07, 6.45) is 1.57. The number of aromatic amines is 1. The lowest BCUT2D eigenvalue weighted by Gasteiger charge is -2.24. The van der Waals surface area contributed by atoms with Crippen LogP contribution < -0.4 is 15.0 Å². The maximum Gasteiger partial charge on any atom is 0.287 e. The van der Waals surface area contributed by atoms with E-state index < -0.39 is 11.4 Å². The fourth-order valence-corrected chi connectivity index (χ4v) is 3.39. The van der Waals surface area contributed by atoms with E-state index in [1.54, 1.807) is 37.3 Å². The molecule has 0 unspecified atom stereocenters. The van der Waals surface area contributed by atoms with E-state index in [0.717, 1.165) is 6.42 Å². The van der Waals surface area contributed by atoms with Gasteiger partial charge in [0.2, 0.25) is 11.7 Å². The smallest absolute Gasteiger partial charge is 0.287 e. The van der Waals surface area contributed by atoms with Crippen LogP contribution in [0.25, 0.3) is 0 Å². The topological polar surface area (TPSA) is 84.5 Å². The van der Waals surface area contributed by atoms with Gasteiger partial charge in [0.1, 0.15) is 17.3 Å². The number of hydrogen-bond donors (Lipinski definition) is 1. The Morgan fingerprint density at radius 2 is 2.15 bits per heavy atom. The second kappa shape index (κ2) is 7.77. The third kappa shape index (κ3) is 3.79. The van der Waals surface area contributed by atoms with Crippen molar-refractivity contribution in [3.05, 3.63) is 51.5 Å². The molecule has 144 valence electrons. The fraction of sp³-hybridized carbons (Fsp3) is 0.421. The molecule has 0 aliphatic carbocycles. The van der Waals surface area contributed by atoms with Crippen molar-refractivity contribution in [2.24, 2.45) is 0 Å². The number of ether oxygens (including phenoxy) is 2. The maximum absolute atomic E-state index is 13.6. The van der Waals surface area contributed by atoms with Gasteiger partial charge >= 0.3 is 0 Å². The molecule has 1 aromatic carbocycles. The van der Waals surface area contributed by atoms with Crippen LogP contribution in [-0.2, 0) is 11.2 Å². The number of methoxy groups -OCH3 is 2. The number of nitrogens with zero attached hydrogens (tertiary/aromatic N) is 2. The Kier molecular flexibility index (Phi) is 5.43. The number of aryl methyl sites for hydroxylation is 1. The number of H-pyrrole nitrogens is 1. The Morgan fingerprint density at radius 3 is 2.81 bits per heavy atom. The third-order valence-electron chi connectivity index (χ3n) is 4.76. The summed E-state index contributed by atoms with van der Waals surface area (Å²) in [4.78, 5) is 33.0. The van der Waals surface area contributed by atoms with E-state index >= 15 is 0 Å². The van der Waals surface area contributed by atoms with E-state index in [4.69, 9.17) is 9.47 Å². The standard InChI is InChI=1S/C19H22FN3O4/c1-11-17(20)19(25)22-18(21-11)14-5-4-8-23(14)16(24)10-12-9-13(26-2)6-7-15(12)27-3/h6-7,9,14H,4-5,8,10H2,1-3H3,(H,21,22,25)/t14-/m1/s1. The quantitative estimate of drug-likeness (QED) is 0.866. The molecule has 2 aromatic rings. The first-order valence-corrected chi connectivity index (χ1v) is 8.71. The zero-order valence-electron chi connectivity index (χ0n) is 15.5. The highest BCUT2D eigenvalue weighted by molar-refractivity contribution is 5.80. The first-order valence-electron chi connectivity index (χ1n) is 8.71. The Labute approximate surface area is 156 Å². The van der Waals surface area contributed by atoms with Gasteiger partial charge in [-0.05, 0) is 38.0 Å². The van der Waals surface area contributed by atoms with Gasteiger partial charge in [0.25, 0.3) is 5.56 Å². The van der Waals surface area contributed by atoms with Crippen LogP contribution >= 0.6 is 0 Å². The lowest BCUT2D eigenvalue weighted by Crippen LogP contribution is -2.34. The minimum Gasteiger partial charge on any atom is -0.497 e. The molecule has 1 N–H and O–H groups in total. The number of benzene rings is 1. The van der Waals surface area contributed by atoms with Crippen molar-refractivity contribution >= 4 is 5.91 Å². The predicted octanol–water partition coefficient (Wildman–Crippen LogP) is 2.14. The minimum absolute atomic E-state index is 0.0301. The van der Waals surface area contributed by atoms with Gasteiger partial charge in [-0.15, -0.1) is 0 Å². The average Bonchev–Trinajstić information content (AvgIpc) is 3.15. The molecule has 0 saturated carbocycles. The summed E-state index contributed by atoms with van der Waals surface area (Å²) in [6, 6.07) is 4.91. The lowest BCUT2D eigenvalue weighted by atomic mass is 10.1. The molecule has 0 bridgehead atoms. The van der Waals surface area contributed by atoms with E-state index in [1.165, 1.54) is 6.92 Å². The molecule has 7 nitrogen and oxygen atoms in total. The summed E-state index contributed by atoms with van der Waals surface area (Å²) in [5.41, 5.74) is -0.0713. The zero-order chi connectivity index (χ0) is 19.6. The molecule has 1 aromatic heterocycles. The molecule has 3 rings (SSSR count). The predicted molar refractivity (Wildman–Crippen MR) is 96.5 cm³/mol. The second-order valence-electron chi connectivity index (χ2n) is 6.45. The summed E-state index contributed by atoms with van der Waals surface area (Å²) >= 11 is 0. The number of hydrogen-bond acceptors (Lipinski definition) is 5. The SMILES string of the molecule is COc1ccc(OC)c(CC(=O)N2CCC[C@@H]2c2nc(C)c(F)c(=O)[nH]2)c1. The van der Waals surface area contributed by atoms with E-state index in [9.17, 15) is 14.0 Å². The number of carbonyl (C=O) groups is 1. The third-order valence-corrected chi connectivity index (χ3v) is 4.76. The van der Waals surface area contributed by atoms with E-state index in [0.29, 0.717) is 35.9 Å². The van der Waals surface area contributed by atoms with Crippen molar-refractivity contribution in [2.75, 3.05) is 20.8 Å². The molecule has 1 saturated heterocycles. The minimum atomic E-state index is -0.893. The first-order chi connectivity index (χ1) is 12.9. The molecule has 1 fully saturated rings. The van der Waals surface area contributed by atoms with E-state index in [1.807, 2.05) is 0 Å². The number of likely N-dealkylation sites (tertiary alicyclic amines) is 1. The Hall–Kier alpha value is -2.90. The van der Waals surface area contributed by atoms with Crippen LogP contribution in [0.1, 0.15) is 36.0 Å². The largest absolute Gasteiger partial charge is 0.497 e. The maximum atomic E-state index is 13.6. The zero-order valence-corrected chi connectivity index (χ0v) is 15.5. The molecule has 0 radical (unpaired) electrons. The van der Waals surface area contributed by atoms with Crippen LogP contribution in [0.2, 0.25) is 0 Å². The number of rotatable bonds is 5. The summed E-state index contributed by atoms with van der Waals surface area (Å²) < 4.78 is 24.1. The molecule has 1 atom stereocenters. The van der Waals surface area contributed by atoms with Gasteiger partial charge in [-0.1, -0.05) is 0 Å². The van der Waals surface area contributed by atoms with Gasteiger partial charge in [0.15, 0.2) is 0 Å². The van der Waals surface area contributed by atoms with Crippen LogP contribution in [0.4, 0.5) is 4.39 Å². The molecule has 1 aliphatic rings. The summed E-state index contributed by atoms with van der Waals surface area (Å²) in [6.45, 7) is 1.99. The van der Waals surface area contributed by atoms with Crippen LogP contribution in [0.15, 0.2) is 23.0 Å². The molecular formula is C19H22FN3O4. The summed E-state index contributed by atoms with van der Waals surface area (Å²) in [5.74, 6) is 0.549. The summed E-state index contributed by atoms with van der Waals surface area (Å²) in [7, 11) is 3.10. The van der Waals surface area contributed by atoms with Crippen molar-refractivity contribution in [2.45, 2.75) is 32.2 Å². The summed E-state index contributed by atoms with van der Waals surface area (Å²) in [5, 5.41) is 0. The van der Waals surface area contributed by atoms with Crippen molar-refractivity contribution in [1.82, 2.24) is 14.9 Å². The number of aromatic nitrogens is 2. The van der Waals surface area contributed by atoms with Crippen molar-refractivity contribution in [1.29, 1.82) is 0 Å². The van der Waals surface area contributed by atoms with Crippen LogP contribution in [0.3, 0.4) is 0 Å². The molecule has 1 aliphatic heterocycles. The van der Waals surface area contributed by atoms with Gasteiger partial charge < -0.3 is 19.4 Å². The van der Waals surface area contributed by atoms with Crippen molar-refractivity contribution in [3.8, 4) is 11.5 Å². The number of nitrogens with one attached hydrogen (secondary N) is 1. The highest BCUT2D eigenvalue weighted by atomic mass is 19.1. The van der Waals surface area contributed by atoms with Crippen LogP contribution in [0, 0.1) is 12.7 Å². The number of halogens is 1. The van der Waals surface area contributed by atoms with Gasteiger partial charge in [-0.2, -0.15) is 4.39 Å². The molecular weight excluding hydrogens is 353 g/mol. The van der Waals surface area contributed by atoms with E-state index in [2.05, 4.69) is 9.97 Å². The molecule has 27 heavy (non-hydrogen) atoms. The number of carbonyl (C=O) groups excluding carboxylic acids is 1. The van der Waals surface area contributed by atoms with Crippen LogP contribution in [-0.4, -0.2) is 41.5 Å². The normalized spacial score (nSPS) is 16.4. The Balaban J connectivity index is 1.85. The molecule has 8 heteroatoms. The highest BCUT2D eigenvalue weighted by Crippen LogP contribution is 2.31. The van der Waals surface area contributed by atoms with E-state index in [-0.39, 0.29) is 24.1 Å². The van der Waals surface area contributed by atoms with Crippen LogP contribution in [0.5, 0.6) is 11.5 Å². The Bertz CT molecular complexity index is 912.